The first kappa shape index (κ1) is 9.92. The lowest BCUT2D eigenvalue weighted by molar-refractivity contribution is -0.880. The molecule has 0 radical (unpaired) electrons. The van der Waals surface area contributed by atoms with Crippen LogP contribution in [-0.2, 0) is 4.74 Å². The van der Waals surface area contributed by atoms with Crippen molar-refractivity contribution in [3.05, 3.63) is 0 Å². The number of hydrogen-bond acceptors (Lipinski definition) is 1. The molecule has 0 aliphatic heterocycles. The molecule has 0 aliphatic rings. The van der Waals surface area contributed by atoms with Gasteiger partial charge in [0.05, 0.1) is 20.2 Å². The van der Waals surface area contributed by atoms with E-state index in [1.54, 1.807) is 4.90 Å². The van der Waals surface area contributed by atoms with Crippen molar-refractivity contribution in [1.29, 1.82) is 0 Å². The lowest BCUT2D eigenvalue weighted by Gasteiger charge is -2.11. The van der Waals surface area contributed by atoms with Crippen molar-refractivity contribution in [1.82, 2.24) is 0 Å². The number of ether oxygens (including phenoxy) is 1. The highest BCUT2D eigenvalue weighted by Gasteiger charge is 1.97. The average Bonchev–Trinajstić information content (AvgIpc) is 1.89. The van der Waals surface area contributed by atoms with Gasteiger partial charge in [0.15, 0.2) is 0 Å². The highest BCUT2D eigenvalue weighted by atomic mass is 16.5. The van der Waals surface area contributed by atoms with Gasteiger partial charge in [-0.15, -0.1) is 0 Å². The van der Waals surface area contributed by atoms with E-state index in [4.69, 9.17) is 4.74 Å². The van der Waals surface area contributed by atoms with E-state index in [-0.39, 0.29) is 0 Å². The Balaban J connectivity index is 2.97. The van der Waals surface area contributed by atoms with Crippen LogP contribution in [0.4, 0.5) is 0 Å². The molecular weight excluding hydrogens is 126 g/mol. The van der Waals surface area contributed by atoms with Gasteiger partial charge in [-0.2, -0.15) is 0 Å². The molecule has 2 nitrogen and oxygen atoms in total. The van der Waals surface area contributed by atoms with Gasteiger partial charge in [0.1, 0.15) is 6.54 Å². The van der Waals surface area contributed by atoms with Gasteiger partial charge in [0.25, 0.3) is 0 Å². The third-order valence-electron chi connectivity index (χ3n) is 1.55. The van der Waals surface area contributed by atoms with Crippen molar-refractivity contribution < 1.29 is 9.64 Å². The predicted molar refractivity (Wildman–Crippen MR) is 43.4 cm³/mol. The van der Waals surface area contributed by atoms with Crippen LogP contribution in [0, 0.1) is 0 Å². The minimum absolute atomic E-state index is 0.847. The van der Waals surface area contributed by atoms with Crippen LogP contribution >= 0.6 is 0 Å². The molecule has 0 fully saturated rings. The normalized spacial score (nSPS) is 13.5. The van der Waals surface area contributed by atoms with Crippen LogP contribution in [0.1, 0.15) is 20.3 Å². The molecule has 0 saturated carbocycles. The van der Waals surface area contributed by atoms with E-state index in [0.717, 1.165) is 19.8 Å². The minimum atomic E-state index is 0.847. The Morgan fingerprint density at radius 3 is 2.40 bits per heavy atom. The first-order valence-electron chi connectivity index (χ1n) is 4.20. The number of likely N-dealkylation sites (N-methyl/N-ethyl adjacent to an activating group) is 1. The molecule has 1 N–H and O–H groups in total. The van der Waals surface area contributed by atoms with Crippen LogP contribution in [0.5, 0.6) is 0 Å². The lowest BCUT2D eigenvalue weighted by atomic mass is 10.4. The Morgan fingerprint density at radius 1 is 1.20 bits per heavy atom. The molecule has 1 unspecified atom stereocenters. The molecule has 1 atom stereocenters. The molecule has 0 aromatic carbocycles. The van der Waals surface area contributed by atoms with Gasteiger partial charge in [0.2, 0.25) is 0 Å². The maximum Gasteiger partial charge on any atom is 0.101 e. The first-order chi connectivity index (χ1) is 4.81. The lowest BCUT2D eigenvalue weighted by Crippen LogP contribution is -3.09. The Hall–Kier alpha value is -0.0800. The van der Waals surface area contributed by atoms with E-state index in [2.05, 4.69) is 14.0 Å². The highest BCUT2D eigenvalue weighted by Crippen LogP contribution is 1.67. The van der Waals surface area contributed by atoms with Crippen LogP contribution in [0.25, 0.3) is 0 Å². The second-order valence-electron chi connectivity index (χ2n) is 2.65. The number of rotatable bonds is 6. The molecule has 0 rings (SSSR count). The van der Waals surface area contributed by atoms with Crippen LogP contribution in [0.2, 0.25) is 0 Å². The van der Waals surface area contributed by atoms with Gasteiger partial charge in [0, 0.05) is 6.61 Å². The number of quaternary nitrogens is 1. The zero-order chi connectivity index (χ0) is 7.82. The van der Waals surface area contributed by atoms with Crippen molar-refractivity contribution in [2.75, 3.05) is 33.4 Å². The summed E-state index contributed by atoms with van der Waals surface area (Å²) >= 11 is 0. The Bertz CT molecular complexity index is 66.3. The van der Waals surface area contributed by atoms with Gasteiger partial charge in [-0.1, -0.05) is 6.92 Å². The molecule has 0 amide bonds. The second-order valence-corrected chi connectivity index (χ2v) is 2.65. The molecule has 0 saturated heterocycles. The van der Waals surface area contributed by atoms with E-state index in [1.807, 2.05) is 6.92 Å². The number of hydrogen-bond donors (Lipinski definition) is 1. The maximum atomic E-state index is 5.23. The molecular formula is C8H20NO+. The molecule has 0 spiro atoms. The third kappa shape index (κ3) is 6.05. The van der Waals surface area contributed by atoms with Gasteiger partial charge < -0.3 is 9.64 Å². The fourth-order valence-electron chi connectivity index (χ4n) is 0.943. The molecule has 10 heavy (non-hydrogen) atoms. The maximum absolute atomic E-state index is 5.23. The van der Waals surface area contributed by atoms with E-state index >= 15 is 0 Å². The largest absolute Gasteiger partial charge is 0.376 e. The zero-order valence-electron chi connectivity index (χ0n) is 7.44. The predicted octanol–water partition coefficient (Wildman–Crippen LogP) is -0.0524. The Morgan fingerprint density at radius 2 is 1.90 bits per heavy atom. The summed E-state index contributed by atoms with van der Waals surface area (Å²) in [6.07, 6.45) is 1.26. The van der Waals surface area contributed by atoms with E-state index in [1.165, 1.54) is 13.0 Å². The van der Waals surface area contributed by atoms with E-state index in [9.17, 15) is 0 Å². The fourth-order valence-corrected chi connectivity index (χ4v) is 0.943. The van der Waals surface area contributed by atoms with Crippen molar-refractivity contribution in [2.45, 2.75) is 20.3 Å². The Labute approximate surface area is 64.2 Å². The number of nitrogens with one attached hydrogen (secondary N) is 1. The molecule has 0 aromatic heterocycles. The zero-order valence-corrected chi connectivity index (χ0v) is 7.44. The molecule has 0 heterocycles. The standard InChI is InChI=1S/C8H19NO/c1-4-6-9(3)7-8-10-5-2/h4-8H2,1-3H3/p+1. The van der Waals surface area contributed by atoms with Gasteiger partial charge in [-0.25, -0.2) is 0 Å². The molecule has 0 aromatic rings. The molecule has 0 aliphatic carbocycles. The monoisotopic (exact) mass is 146 g/mol. The SMILES string of the molecule is CCC[NH+](C)CCOCC. The third-order valence-corrected chi connectivity index (χ3v) is 1.55. The van der Waals surface area contributed by atoms with Crippen LogP contribution in [0.3, 0.4) is 0 Å². The van der Waals surface area contributed by atoms with Crippen LogP contribution in [0.15, 0.2) is 0 Å². The van der Waals surface area contributed by atoms with Crippen molar-refractivity contribution >= 4 is 0 Å². The Kier molecular flexibility index (Phi) is 6.98. The second kappa shape index (κ2) is 7.03. The molecule has 2 heteroatoms. The summed E-state index contributed by atoms with van der Waals surface area (Å²) in [5, 5.41) is 0. The molecule has 62 valence electrons. The topological polar surface area (TPSA) is 13.7 Å². The summed E-state index contributed by atoms with van der Waals surface area (Å²) in [6.45, 7) is 8.40. The summed E-state index contributed by atoms with van der Waals surface area (Å²) in [6, 6.07) is 0. The van der Waals surface area contributed by atoms with Crippen molar-refractivity contribution in [2.24, 2.45) is 0 Å². The highest BCUT2D eigenvalue weighted by molar-refractivity contribution is 4.25. The van der Waals surface area contributed by atoms with Crippen molar-refractivity contribution in [3.8, 4) is 0 Å². The average molecular weight is 146 g/mol. The quantitative estimate of drug-likeness (QED) is 0.519. The summed E-state index contributed by atoms with van der Waals surface area (Å²) in [7, 11) is 2.21. The van der Waals surface area contributed by atoms with E-state index < -0.39 is 0 Å². The summed E-state index contributed by atoms with van der Waals surface area (Å²) in [5.41, 5.74) is 0. The first-order valence-corrected chi connectivity index (χ1v) is 4.20. The minimum Gasteiger partial charge on any atom is -0.376 e. The van der Waals surface area contributed by atoms with Gasteiger partial charge >= 0.3 is 0 Å². The molecule has 0 bridgehead atoms. The van der Waals surface area contributed by atoms with Crippen LogP contribution in [-0.4, -0.2) is 33.4 Å². The van der Waals surface area contributed by atoms with Crippen LogP contribution < -0.4 is 4.90 Å². The summed E-state index contributed by atoms with van der Waals surface area (Å²) in [4.78, 5) is 1.57. The summed E-state index contributed by atoms with van der Waals surface area (Å²) < 4.78 is 5.23. The van der Waals surface area contributed by atoms with E-state index in [0.29, 0.717) is 0 Å². The summed E-state index contributed by atoms with van der Waals surface area (Å²) in [5.74, 6) is 0. The van der Waals surface area contributed by atoms with Gasteiger partial charge in [-0.3, -0.25) is 0 Å². The fraction of sp³-hybridized carbons (Fsp3) is 1.00. The smallest absolute Gasteiger partial charge is 0.101 e. The van der Waals surface area contributed by atoms with Crippen molar-refractivity contribution in [3.63, 3.8) is 0 Å². The van der Waals surface area contributed by atoms with Gasteiger partial charge in [-0.05, 0) is 13.3 Å².